The number of carbonyl (C=O) groups is 1. The zero-order valence-electron chi connectivity index (χ0n) is 14.3. The number of nitrogens with one attached hydrogen (secondary N) is 1. The number of anilines is 1. The highest BCUT2D eigenvalue weighted by Gasteiger charge is 2.41. The van der Waals surface area contributed by atoms with Crippen molar-refractivity contribution in [1.82, 2.24) is 14.7 Å². The molecule has 1 aromatic carbocycles. The maximum Gasteiger partial charge on any atom is 0.322 e. The van der Waals surface area contributed by atoms with Crippen molar-refractivity contribution in [3.05, 3.63) is 42.2 Å². The molecule has 2 aromatic rings. The van der Waals surface area contributed by atoms with E-state index in [1.165, 1.54) is 0 Å². The summed E-state index contributed by atoms with van der Waals surface area (Å²) in [4.78, 5) is 14.6. The zero-order valence-corrected chi connectivity index (χ0v) is 14.3. The quantitative estimate of drug-likeness (QED) is 0.908. The van der Waals surface area contributed by atoms with Gasteiger partial charge in [0.15, 0.2) is 0 Å². The molecule has 2 saturated heterocycles. The first kappa shape index (κ1) is 16.1. The van der Waals surface area contributed by atoms with Crippen LogP contribution < -0.4 is 5.32 Å². The number of para-hydroxylation sites is 2. The second kappa shape index (κ2) is 6.50. The van der Waals surface area contributed by atoms with Gasteiger partial charge in [0, 0.05) is 25.8 Å². The van der Waals surface area contributed by atoms with Gasteiger partial charge in [-0.2, -0.15) is 5.10 Å². The lowest BCUT2D eigenvalue weighted by Gasteiger charge is -2.39. The molecular weight excluding hydrogens is 320 g/mol. The van der Waals surface area contributed by atoms with Crippen LogP contribution >= 0.6 is 0 Å². The molecule has 0 saturated carbocycles. The number of amides is 2. The lowest BCUT2D eigenvalue weighted by atomic mass is 10.0. The summed E-state index contributed by atoms with van der Waals surface area (Å²) in [5, 5.41) is 7.46. The lowest BCUT2D eigenvalue weighted by Crippen LogP contribution is -2.55. The normalized spacial score (nSPS) is 23.2. The second-order valence-corrected chi connectivity index (χ2v) is 6.60. The maximum absolute atomic E-state index is 12.8. The molecule has 2 aliphatic rings. The van der Waals surface area contributed by atoms with Crippen molar-refractivity contribution in [3.8, 4) is 5.69 Å². The average Bonchev–Trinajstić information content (AvgIpc) is 3.25. The standard InChI is InChI=1S/C18H22N4O3/c1-14-6-8-22(20-14)16-5-3-2-4-15(16)19-17(23)21-9-11-25-18(12-21)7-10-24-13-18/h2-6,8H,7,9-13H2,1H3,(H,19,23)/t18-/m1/s1. The van der Waals surface area contributed by atoms with Crippen LogP contribution in [0.3, 0.4) is 0 Å². The SMILES string of the molecule is Cc1ccn(-c2ccccc2NC(=O)N2CCO[C@]3(CCOC3)C2)n1. The third-order valence-corrected chi connectivity index (χ3v) is 4.72. The highest BCUT2D eigenvalue weighted by molar-refractivity contribution is 5.91. The van der Waals surface area contributed by atoms with Crippen LogP contribution in [0, 0.1) is 6.92 Å². The van der Waals surface area contributed by atoms with Gasteiger partial charge in [-0.3, -0.25) is 0 Å². The van der Waals surface area contributed by atoms with Crippen molar-refractivity contribution in [2.45, 2.75) is 18.9 Å². The summed E-state index contributed by atoms with van der Waals surface area (Å²) >= 11 is 0. The number of ether oxygens (including phenoxy) is 2. The number of rotatable bonds is 2. The van der Waals surface area contributed by atoms with E-state index in [4.69, 9.17) is 9.47 Å². The highest BCUT2D eigenvalue weighted by Crippen LogP contribution is 2.28. The zero-order chi connectivity index (χ0) is 17.3. The second-order valence-electron chi connectivity index (χ2n) is 6.60. The summed E-state index contributed by atoms with van der Waals surface area (Å²) in [5.74, 6) is 0. The third kappa shape index (κ3) is 3.25. The van der Waals surface area contributed by atoms with Crippen LogP contribution in [-0.2, 0) is 9.47 Å². The van der Waals surface area contributed by atoms with Crippen LogP contribution in [0.2, 0.25) is 0 Å². The fourth-order valence-corrected chi connectivity index (χ4v) is 3.37. The monoisotopic (exact) mass is 342 g/mol. The molecule has 4 rings (SSSR count). The van der Waals surface area contributed by atoms with E-state index in [-0.39, 0.29) is 11.6 Å². The first-order valence-corrected chi connectivity index (χ1v) is 8.55. The maximum atomic E-state index is 12.8. The van der Waals surface area contributed by atoms with Gasteiger partial charge in [-0.1, -0.05) is 12.1 Å². The van der Waals surface area contributed by atoms with Gasteiger partial charge >= 0.3 is 6.03 Å². The predicted molar refractivity (Wildman–Crippen MR) is 93.0 cm³/mol. The van der Waals surface area contributed by atoms with Crippen LogP contribution in [0.25, 0.3) is 5.69 Å². The van der Waals surface area contributed by atoms with E-state index in [9.17, 15) is 4.79 Å². The molecule has 0 aliphatic carbocycles. The summed E-state index contributed by atoms with van der Waals surface area (Å²) in [6.45, 7) is 4.86. The Hall–Kier alpha value is -2.38. The van der Waals surface area contributed by atoms with Gasteiger partial charge in [-0.05, 0) is 25.1 Å². The van der Waals surface area contributed by atoms with Crippen molar-refractivity contribution in [1.29, 1.82) is 0 Å². The number of hydrogen-bond acceptors (Lipinski definition) is 4. The predicted octanol–water partition coefficient (Wildman–Crippen LogP) is 2.20. The van der Waals surface area contributed by atoms with E-state index in [1.807, 2.05) is 48.4 Å². The van der Waals surface area contributed by atoms with E-state index in [2.05, 4.69) is 10.4 Å². The van der Waals surface area contributed by atoms with Gasteiger partial charge in [0.05, 0.1) is 36.8 Å². The molecule has 1 aromatic heterocycles. The Labute approximate surface area is 146 Å². The summed E-state index contributed by atoms with van der Waals surface area (Å²) in [6, 6.07) is 9.48. The molecular formula is C18H22N4O3. The van der Waals surface area contributed by atoms with E-state index < -0.39 is 0 Å². The Morgan fingerprint density at radius 1 is 1.28 bits per heavy atom. The number of carbonyl (C=O) groups excluding carboxylic acids is 1. The van der Waals surface area contributed by atoms with Crippen LogP contribution in [0.4, 0.5) is 10.5 Å². The number of aromatic nitrogens is 2. The number of urea groups is 1. The van der Waals surface area contributed by atoms with Gasteiger partial charge in [0.2, 0.25) is 0 Å². The Morgan fingerprint density at radius 2 is 2.16 bits per heavy atom. The Balaban J connectivity index is 1.51. The minimum atomic E-state index is -0.339. The third-order valence-electron chi connectivity index (χ3n) is 4.72. The first-order chi connectivity index (χ1) is 12.2. The van der Waals surface area contributed by atoms with Gasteiger partial charge in [0.1, 0.15) is 5.60 Å². The lowest BCUT2D eigenvalue weighted by molar-refractivity contribution is -0.0964. The van der Waals surface area contributed by atoms with Crippen molar-refractivity contribution in [3.63, 3.8) is 0 Å². The Bertz CT molecular complexity index is 767. The summed E-state index contributed by atoms with van der Waals surface area (Å²) < 4.78 is 13.1. The molecule has 3 heterocycles. The van der Waals surface area contributed by atoms with Crippen LogP contribution in [-0.4, -0.2) is 59.2 Å². The first-order valence-electron chi connectivity index (χ1n) is 8.55. The topological polar surface area (TPSA) is 68.6 Å². The molecule has 0 unspecified atom stereocenters. The van der Waals surface area contributed by atoms with Crippen molar-refractivity contribution < 1.29 is 14.3 Å². The molecule has 1 spiro atoms. The van der Waals surface area contributed by atoms with E-state index in [0.717, 1.165) is 23.5 Å². The molecule has 0 bridgehead atoms. The smallest absolute Gasteiger partial charge is 0.322 e. The Morgan fingerprint density at radius 3 is 2.92 bits per heavy atom. The average molecular weight is 342 g/mol. The molecule has 132 valence electrons. The number of nitrogens with zero attached hydrogens (tertiary/aromatic N) is 3. The number of benzene rings is 1. The number of hydrogen-bond donors (Lipinski definition) is 1. The molecule has 2 aliphatic heterocycles. The van der Waals surface area contributed by atoms with Gasteiger partial charge in [-0.15, -0.1) is 0 Å². The van der Waals surface area contributed by atoms with E-state index in [1.54, 1.807) is 4.68 Å². The summed E-state index contributed by atoms with van der Waals surface area (Å²) in [5.41, 5.74) is 2.17. The van der Waals surface area contributed by atoms with Crippen molar-refractivity contribution in [2.75, 3.05) is 38.2 Å². The summed E-state index contributed by atoms with van der Waals surface area (Å²) in [6.07, 6.45) is 2.72. The van der Waals surface area contributed by atoms with Crippen LogP contribution in [0.15, 0.2) is 36.5 Å². The molecule has 2 amide bonds. The number of aryl methyl sites for hydroxylation is 1. The van der Waals surface area contributed by atoms with Crippen LogP contribution in [0.1, 0.15) is 12.1 Å². The highest BCUT2D eigenvalue weighted by atomic mass is 16.6. The van der Waals surface area contributed by atoms with Crippen LogP contribution in [0.5, 0.6) is 0 Å². The van der Waals surface area contributed by atoms with Gasteiger partial charge in [0.25, 0.3) is 0 Å². The van der Waals surface area contributed by atoms with E-state index in [0.29, 0.717) is 32.9 Å². The molecule has 7 heteroatoms. The molecule has 1 N–H and O–H groups in total. The molecule has 25 heavy (non-hydrogen) atoms. The fraction of sp³-hybridized carbons (Fsp3) is 0.444. The van der Waals surface area contributed by atoms with Crippen molar-refractivity contribution >= 4 is 11.7 Å². The van der Waals surface area contributed by atoms with Gasteiger partial charge < -0.3 is 19.7 Å². The Kier molecular flexibility index (Phi) is 4.19. The molecule has 2 fully saturated rings. The summed E-state index contributed by atoms with van der Waals surface area (Å²) in [7, 11) is 0. The van der Waals surface area contributed by atoms with Gasteiger partial charge in [-0.25, -0.2) is 9.48 Å². The molecule has 0 radical (unpaired) electrons. The molecule has 7 nitrogen and oxygen atoms in total. The minimum absolute atomic E-state index is 0.120. The largest absolute Gasteiger partial charge is 0.378 e. The van der Waals surface area contributed by atoms with Crippen molar-refractivity contribution in [2.24, 2.45) is 0 Å². The number of morpholine rings is 1. The fourth-order valence-electron chi connectivity index (χ4n) is 3.37. The molecule has 1 atom stereocenters. The minimum Gasteiger partial charge on any atom is -0.378 e. The van der Waals surface area contributed by atoms with E-state index >= 15 is 0 Å².